The summed E-state index contributed by atoms with van der Waals surface area (Å²) in [6, 6.07) is 13.3. The Bertz CT molecular complexity index is 903. The van der Waals surface area contributed by atoms with Gasteiger partial charge in [0.2, 0.25) is 15.9 Å². The molecule has 3 rings (SSSR count). The molecule has 1 aliphatic rings. The van der Waals surface area contributed by atoms with Crippen LogP contribution >= 0.6 is 15.9 Å². The van der Waals surface area contributed by atoms with E-state index in [-0.39, 0.29) is 30.3 Å². The van der Waals surface area contributed by atoms with Crippen LogP contribution in [0.3, 0.4) is 0 Å². The van der Waals surface area contributed by atoms with Crippen LogP contribution in [0.5, 0.6) is 5.75 Å². The summed E-state index contributed by atoms with van der Waals surface area (Å²) in [4.78, 5) is 12.2. The summed E-state index contributed by atoms with van der Waals surface area (Å²) in [6.07, 6.45) is 0.0839. The minimum atomic E-state index is -3.80. The van der Waals surface area contributed by atoms with Gasteiger partial charge in [-0.1, -0.05) is 30.3 Å². The maximum absolute atomic E-state index is 13.3. The van der Waals surface area contributed by atoms with E-state index in [9.17, 15) is 13.2 Å². The molecular weight excluding hydrogens is 420 g/mol. The SMILES string of the molecule is COc1ccc(S(=O)(=O)N2CCNC(=O)CC2c2ccccc2)cc1Br. The number of sulfonamides is 1. The van der Waals surface area contributed by atoms with Crippen LogP contribution in [0.2, 0.25) is 0 Å². The molecule has 8 heteroatoms. The Hall–Kier alpha value is -1.90. The van der Waals surface area contributed by atoms with Crippen LogP contribution in [-0.4, -0.2) is 38.8 Å². The molecular formula is C18H19BrN2O4S. The summed E-state index contributed by atoms with van der Waals surface area (Å²) in [5.41, 5.74) is 0.792. The molecule has 1 fully saturated rings. The fraction of sp³-hybridized carbons (Fsp3) is 0.278. The van der Waals surface area contributed by atoms with Crippen LogP contribution in [0.15, 0.2) is 57.9 Å². The van der Waals surface area contributed by atoms with E-state index in [0.29, 0.717) is 10.2 Å². The average molecular weight is 439 g/mol. The highest BCUT2D eigenvalue weighted by atomic mass is 79.9. The summed E-state index contributed by atoms with van der Waals surface area (Å²) in [5, 5.41) is 2.75. The first-order valence-electron chi connectivity index (χ1n) is 8.10. The molecule has 26 heavy (non-hydrogen) atoms. The van der Waals surface area contributed by atoms with E-state index in [0.717, 1.165) is 5.56 Å². The summed E-state index contributed by atoms with van der Waals surface area (Å²) < 4.78 is 33.7. The number of amides is 1. The number of carbonyl (C=O) groups excluding carboxylic acids is 1. The van der Waals surface area contributed by atoms with Crippen molar-refractivity contribution in [1.82, 2.24) is 9.62 Å². The van der Waals surface area contributed by atoms with Crippen LogP contribution in [-0.2, 0) is 14.8 Å². The molecule has 2 aromatic carbocycles. The minimum Gasteiger partial charge on any atom is -0.496 e. The number of nitrogens with one attached hydrogen (secondary N) is 1. The molecule has 0 spiro atoms. The van der Waals surface area contributed by atoms with Crippen LogP contribution in [0, 0.1) is 0 Å². The molecule has 1 atom stereocenters. The number of methoxy groups -OCH3 is 1. The van der Waals surface area contributed by atoms with E-state index in [4.69, 9.17) is 4.74 Å². The van der Waals surface area contributed by atoms with E-state index in [1.54, 1.807) is 6.07 Å². The van der Waals surface area contributed by atoms with Gasteiger partial charge >= 0.3 is 0 Å². The van der Waals surface area contributed by atoms with Gasteiger partial charge in [0, 0.05) is 19.5 Å². The van der Waals surface area contributed by atoms with Gasteiger partial charge in [0.05, 0.1) is 22.5 Å². The zero-order valence-electron chi connectivity index (χ0n) is 14.2. The molecule has 1 aliphatic heterocycles. The van der Waals surface area contributed by atoms with Crippen molar-refractivity contribution in [2.45, 2.75) is 17.4 Å². The molecule has 0 radical (unpaired) electrons. The van der Waals surface area contributed by atoms with Crippen molar-refractivity contribution in [3.8, 4) is 5.75 Å². The number of carbonyl (C=O) groups is 1. The molecule has 1 unspecified atom stereocenters. The maximum atomic E-state index is 13.3. The summed E-state index contributed by atoms with van der Waals surface area (Å²) in [5.74, 6) is 0.392. The zero-order chi connectivity index (χ0) is 18.7. The Morgan fingerprint density at radius 2 is 1.92 bits per heavy atom. The lowest BCUT2D eigenvalue weighted by atomic mass is 10.0. The van der Waals surface area contributed by atoms with Crippen molar-refractivity contribution < 1.29 is 17.9 Å². The Balaban J connectivity index is 2.05. The predicted molar refractivity (Wildman–Crippen MR) is 101 cm³/mol. The third-order valence-electron chi connectivity index (χ3n) is 4.29. The number of halogens is 1. The predicted octanol–water partition coefficient (Wildman–Crippen LogP) is 2.71. The van der Waals surface area contributed by atoms with Gasteiger partial charge in [0.1, 0.15) is 5.75 Å². The molecule has 138 valence electrons. The second kappa shape index (κ2) is 7.77. The van der Waals surface area contributed by atoms with Crippen LogP contribution in [0.25, 0.3) is 0 Å². The van der Waals surface area contributed by atoms with Gasteiger partial charge in [0.25, 0.3) is 0 Å². The molecule has 0 aromatic heterocycles. The van der Waals surface area contributed by atoms with Gasteiger partial charge in [-0.3, -0.25) is 4.79 Å². The highest BCUT2D eigenvalue weighted by Crippen LogP contribution is 2.34. The van der Waals surface area contributed by atoms with E-state index in [2.05, 4.69) is 21.2 Å². The van der Waals surface area contributed by atoms with E-state index >= 15 is 0 Å². The molecule has 1 saturated heterocycles. The average Bonchev–Trinajstić information content (AvgIpc) is 2.84. The van der Waals surface area contributed by atoms with Crippen LogP contribution in [0.1, 0.15) is 18.0 Å². The lowest BCUT2D eigenvalue weighted by Gasteiger charge is -2.28. The molecule has 2 aromatic rings. The monoisotopic (exact) mass is 438 g/mol. The second-order valence-corrected chi connectivity index (χ2v) is 8.64. The van der Waals surface area contributed by atoms with Gasteiger partial charge in [0.15, 0.2) is 0 Å². The standard InChI is InChI=1S/C18H19BrN2O4S/c1-25-17-8-7-14(11-15(17)19)26(23,24)21-10-9-20-18(22)12-16(21)13-5-3-2-4-6-13/h2-8,11,16H,9-10,12H2,1H3,(H,20,22). The van der Waals surface area contributed by atoms with Gasteiger partial charge in [-0.2, -0.15) is 4.31 Å². The molecule has 1 amide bonds. The molecule has 0 saturated carbocycles. The Morgan fingerprint density at radius 1 is 1.19 bits per heavy atom. The third kappa shape index (κ3) is 3.77. The summed E-state index contributed by atoms with van der Waals surface area (Å²) in [7, 11) is -2.28. The highest BCUT2D eigenvalue weighted by Gasteiger charge is 2.35. The molecule has 1 N–H and O–H groups in total. The molecule has 0 aliphatic carbocycles. The number of hydrogen-bond acceptors (Lipinski definition) is 4. The molecule has 1 heterocycles. The number of hydrogen-bond donors (Lipinski definition) is 1. The van der Waals surface area contributed by atoms with Crippen molar-refractivity contribution in [3.05, 3.63) is 58.6 Å². The maximum Gasteiger partial charge on any atom is 0.243 e. The first-order valence-corrected chi connectivity index (χ1v) is 10.3. The molecule has 0 bridgehead atoms. The lowest BCUT2D eigenvalue weighted by molar-refractivity contribution is -0.121. The quantitative estimate of drug-likeness (QED) is 0.795. The second-order valence-electron chi connectivity index (χ2n) is 5.89. The number of rotatable bonds is 4. The Kier molecular flexibility index (Phi) is 5.64. The van der Waals surface area contributed by atoms with E-state index in [1.165, 1.54) is 23.5 Å². The topological polar surface area (TPSA) is 75.7 Å². The Labute approximate surface area is 161 Å². The zero-order valence-corrected chi connectivity index (χ0v) is 16.6. The largest absolute Gasteiger partial charge is 0.496 e. The fourth-order valence-electron chi connectivity index (χ4n) is 3.00. The van der Waals surface area contributed by atoms with Crippen molar-refractivity contribution in [2.75, 3.05) is 20.2 Å². The van der Waals surface area contributed by atoms with Gasteiger partial charge in [-0.05, 0) is 39.7 Å². The number of ether oxygens (including phenoxy) is 1. The van der Waals surface area contributed by atoms with Crippen molar-refractivity contribution in [2.24, 2.45) is 0 Å². The van der Waals surface area contributed by atoms with Crippen LogP contribution < -0.4 is 10.1 Å². The summed E-state index contributed by atoms with van der Waals surface area (Å²) >= 11 is 3.33. The van der Waals surface area contributed by atoms with Gasteiger partial charge < -0.3 is 10.1 Å². The van der Waals surface area contributed by atoms with Crippen LogP contribution in [0.4, 0.5) is 0 Å². The van der Waals surface area contributed by atoms with E-state index < -0.39 is 16.1 Å². The summed E-state index contributed by atoms with van der Waals surface area (Å²) in [6.45, 7) is 0.482. The fourth-order valence-corrected chi connectivity index (χ4v) is 5.33. The van der Waals surface area contributed by atoms with Gasteiger partial charge in [-0.15, -0.1) is 0 Å². The smallest absolute Gasteiger partial charge is 0.243 e. The number of nitrogens with zero attached hydrogens (tertiary/aromatic N) is 1. The first kappa shape index (κ1) is 18.9. The first-order chi connectivity index (χ1) is 12.4. The number of benzene rings is 2. The van der Waals surface area contributed by atoms with Crippen molar-refractivity contribution in [3.63, 3.8) is 0 Å². The van der Waals surface area contributed by atoms with E-state index in [1.807, 2.05) is 30.3 Å². The third-order valence-corrected chi connectivity index (χ3v) is 6.82. The van der Waals surface area contributed by atoms with Crippen molar-refractivity contribution in [1.29, 1.82) is 0 Å². The normalized spacial score (nSPS) is 18.8. The minimum absolute atomic E-state index is 0.0839. The van der Waals surface area contributed by atoms with Gasteiger partial charge in [-0.25, -0.2) is 8.42 Å². The highest BCUT2D eigenvalue weighted by molar-refractivity contribution is 9.10. The lowest BCUT2D eigenvalue weighted by Crippen LogP contribution is -2.36. The van der Waals surface area contributed by atoms with Crippen molar-refractivity contribution >= 4 is 31.9 Å². The molecule has 6 nitrogen and oxygen atoms in total. The Morgan fingerprint density at radius 3 is 2.58 bits per heavy atom.